The molecular weight excluding hydrogens is 402 g/mol. The summed E-state index contributed by atoms with van der Waals surface area (Å²) in [7, 11) is 4.60. The van der Waals surface area contributed by atoms with E-state index in [1.54, 1.807) is 56.5 Å². The number of methoxy groups -OCH3 is 3. The molecule has 4 amide bonds. The van der Waals surface area contributed by atoms with Gasteiger partial charge >= 0.3 is 6.03 Å². The van der Waals surface area contributed by atoms with Crippen molar-refractivity contribution < 1.29 is 28.6 Å². The fraction of sp³-hybridized carbons (Fsp3) is 0.318. The Labute approximate surface area is 180 Å². The van der Waals surface area contributed by atoms with E-state index in [0.29, 0.717) is 22.9 Å². The highest BCUT2D eigenvalue weighted by Gasteiger charge is 2.48. The van der Waals surface area contributed by atoms with E-state index in [0.717, 1.165) is 10.5 Å². The third kappa shape index (κ3) is 4.71. The maximum atomic E-state index is 13.0. The van der Waals surface area contributed by atoms with Crippen molar-refractivity contribution in [3.05, 3.63) is 48.0 Å². The third-order valence-corrected chi connectivity index (χ3v) is 5.03. The van der Waals surface area contributed by atoms with Crippen LogP contribution in [0, 0.1) is 0 Å². The van der Waals surface area contributed by atoms with Crippen LogP contribution in [0.5, 0.6) is 17.2 Å². The molecule has 1 heterocycles. The van der Waals surface area contributed by atoms with Crippen LogP contribution in [0.1, 0.15) is 12.5 Å². The van der Waals surface area contributed by atoms with E-state index in [-0.39, 0.29) is 6.42 Å². The summed E-state index contributed by atoms with van der Waals surface area (Å²) >= 11 is 0. The molecular formula is C22H25N3O6. The molecule has 0 saturated carbocycles. The largest absolute Gasteiger partial charge is 0.497 e. The number of urea groups is 1. The van der Waals surface area contributed by atoms with Crippen molar-refractivity contribution in [1.82, 2.24) is 10.2 Å². The minimum Gasteiger partial charge on any atom is -0.497 e. The van der Waals surface area contributed by atoms with Gasteiger partial charge in [-0.05, 0) is 48.9 Å². The van der Waals surface area contributed by atoms with Crippen LogP contribution in [0.4, 0.5) is 10.5 Å². The molecule has 31 heavy (non-hydrogen) atoms. The van der Waals surface area contributed by atoms with Gasteiger partial charge in [0.25, 0.3) is 5.91 Å². The van der Waals surface area contributed by atoms with Crippen LogP contribution in [0.3, 0.4) is 0 Å². The van der Waals surface area contributed by atoms with Crippen LogP contribution in [0.25, 0.3) is 0 Å². The molecule has 164 valence electrons. The number of hydrogen-bond acceptors (Lipinski definition) is 6. The van der Waals surface area contributed by atoms with E-state index in [1.807, 2.05) is 0 Å². The maximum Gasteiger partial charge on any atom is 0.325 e. The van der Waals surface area contributed by atoms with Gasteiger partial charge in [-0.25, -0.2) is 4.79 Å². The fourth-order valence-corrected chi connectivity index (χ4v) is 3.43. The number of hydrogen-bond donors (Lipinski definition) is 2. The molecule has 2 N–H and O–H groups in total. The van der Waals surface area contributed by atoms with Crippen molar-refractivity contribution in [2.24, 2.45) is 0 Å². The number of rotatable bonds is 8. The van der Waals surface area contributed by atoms with Crippen molar-refractivity contribution in [3.8, 4) is 17.2 Å². The fourth-order valence-electron chi connectivity index (χ4n) is 3.43. The van der Waals surface area contributed by atoms with Crippen molar-refractivity contribution in [3.63, 3.8) is 0 Å². The molecule has 1 fully saturated rings. The van der Waals surface area contributed by atoms with Gasteiger partial charge < -0.3 is 24.8 Å². The average molecular weight is 427 g/mol. The zero-order chi connectivity index (χ0) is 22.6. The summed E-state index contributed by atoms with van der Waals surface area (Å²) in [5.41, 5.74) is 0.126. The van der Waals surface area contributed by atoms with E-state index >= 15 is 0 Å². The Morgan fingerprint density at radius 3 is 2.29 bits per heavy atom. The number of nitrogens with one attached hydrogen (secondary N) is 2. The van der Waals surface area contributed by atoms with E-state index in [2.05, 4.69) is 10.6 Å². The highest BCUT2D eigenvalue weighted by molar-refractivity contribution is 6.10. The minimum atomic E-state index is -1.18. The predicted octanol–water partition coefficient (Wildman–Crippen LogP) is 2.20. The summed E-state index contributed by atoms with van der Waals surface area (Å²) in [6, 6.07) is 11.4. The smallest absolute Gasteiger partial charge is 0.325 e. The minimum absolute atomic E-state index is 0.231. The average Bonchev–Trinajstić information content (AvgIpc) is 2.96. The molecule has 0 aliphatic carbocycles. The molecule has 1 aliphatic heterocycles. The van der Waals surface area contributed by atoms with Crippen LogP contribution in [-0.4, -0.2) is 56.2 Å². The Morgan fingerprint density at radius 1 is 1.00 bits per heavy atom. The summed E-state index contributed by atoms with van der Waals surface area (Å²) in [5, 5.41) is 5.37. The number of carbonyl (C=O) groups excluding carboxylic acids is 3. The van der Waals surface area contributed by atoms with Gasteiger partial charge in [0.1, 0.15) is 17.8 Å². The van der Waals surface area contributed by atoms with Gasteiger partial charge in [-0.3, -0.25) is 14.5 Å². The first kappa shape index (κ1) is 21.9. The molecule has 9 nitrogen and oxygen atoms in total. The molecule has 2 aromatic rings. The molecule has 1 aliphatic rings. The SMILES string of the molecule is COc1ccc(NC(=O)CN2C(=O)NC(C)(Cc3ccc(OC)c(OC)c3)C2=O)cc1. The van der Waals surface area contributed by atoms with Gasteiger partial charge in [-0.2, -0.15) is 0 Å². The second-order valence-electron chi connectivity index (χ2n) is 7.30. The van der Waals surface area contributed by atoms with Crippen LogP contribution < -0.4 is 24.8 Å². The van der Waals surface area contributed by atoms with E-state index in [9.17, 15) is 14.4 Å². The van der Waals surface area contributed by atoms with Gasteiger partial charge in [0.15, 0.2) is 11.5 Å². The topological polar surface area (TPSA) is 106 Å². The summed E-state index contributed by atoms with van der Waals surface area (Å²) < 4.78 is 15.6. The predicted molar refractivity (Wildman–Crippen MR) is 114 cm³/mol. The van der Waals surface area contributed by atoms with Crippen molar-refractivity contribution in [1.29, 1.82) is 0 Å². The van der Waals surface area contributed by atoms with Gasteiger partial charge in [-0.1, -0.05) is 6.07 Å². The van der Waals surface area contributed by atoms with Gasteiger partial charge in [-0.15, -0.1) is 0 Å². The number of ether oxygens (including phenoxy) is 3. The highest BCUT2D eigenvalue weighted by atomic mass is 16.5. The molecule has 3 rings (SSSR count). The first-order valence-corrected chi connectivity index (χ1v) is 9.58. The first-order chi connectivity index (χ1) is 14.8. The normalized spacial score (nSPS) is 17.9. The Bertz CT molecular complexity index is 991. The number of nitrogens with zero attached hydrogens (tertiary/aromatic N) is 1. The van der Waals surface area contributed by atoms with Gasteiger partial charge in [0, 0.05) is 12.1 Å². The van der Waals surface area contributed by atoms with E-state index in [4.69, 9.17) is 14.2 Å². The van der Waals surface area contributed by atoms with E-state index < -0.39 is 29.9 Å². The Morgan fingerprint density at radius 2 is 1.68 bits per heavy atom. The number of carbonyl (C=O) groups is 3. The third-order valence-electron chi connectivity index (χ3n) is 5.03. The summed E-state index contributed by atoms with van der Waals surface area (Å²) in [5.74, 6) is 0.783. The second kappa shape index (κ2) is 8.95. The molecule has 0 aromatic heterocycles. The standard InChI is InChI=1S/C22H25N3O6/c1-22(12-14-5-10-17(30-3)18(11-14)31-4)20(27)25(21(28)24-22)13-19(26)23-15-6-8-16(29-2)9-7-15/h5-11H,12-13H2,1-4H3,(H,23,26)(H,24,28). The first-order valence-electron chi connectivity index (χ1n) is 9.58. The lowest BCUT2D eigenvalue weighted by atomic mass is 9.92. The van der Waals surface area contributed by atoms with Gasteiger partial charge in [0.05, 0.1) is 21.3 Å². The van der Waals surface area contributed by atoms with Crippen molar-refractivity contribution in [2.75, 3.05) is 33.2 Å². The molecule has 0 spiro atoms. The number of imide groups is 1. The Balaban J connectivity index is 1.68. The van der Waals surface area contributed by atoms with E-state index in [1.165, 1.54) is 14.2 Å². The Hall–Kier alpha value is -3.75. The monoisotopic (exact) mass is 427 g/mol. The Kier molecular flexibility index (Phi) is 6.33. The lowest BCUT2D eigenvalue weighted by Gasteiger charge is -2.22. The zero-order valence-electron chi connectivity index (χ0n) is 17.9. The molecule has 9 heteroatoms. The van der Waals surface area contributed by atoms with Crippen LogP contribution in [0.15, 0.2) is 42.5 Å². The van der Waals surface area contributed by atoms with Crippen molar-refractivity contribution in [2.45, 2.75) is 18.9 Å². The van der Waals surface area contributed by atoms with Crippen LogP contribution >= 0.6 is 0 Å². The molecule has 0 radical (unpaired) electrons. The molecule has 2 aromatic carbocycles. The number of benzene rings is 2. The highest BCUT2D eigenvalue weighted by Crippen LogP contribution is 2.30. The number of amides is 4. The second-order valence-corrected chi connectivity index (χ2v) is 7.30. The van der Waals surface area contributed by atoms with Crippen LogP contribution in [0.2, 0.25) is 0 Å². The molecule has 1 unspecified atom stereocenters. The molecule has 0 bridgehead atoms. The maximum absolute atomic E-state index is 13.0. The van der Waals surface area contributed by atoms with Crippen LogP contribution in [-0.2, 0) is 16.0 Å². The van der Waals surface area contributed by atoms with Crippen molar-refractivity contribution >= 4 is 23.5 Å². The lowest BCUT2D eigenvalue weighted by molar-refractivity contribution is -0.133. The molecule has 1 atom stereocenters. The van der Waals surface area contributed by atoms with Gasteiger partial charge in [0.2, 0.25) is 5.91 Å². The number of anilines is 1. The lowest BCUT2D eigenvalue weighted by Crippen LogP contribution is -2.46. The quantitative estimate of drug-likeness (QED) is 0.626. The molecule has 1 saturated heterocycles. The summed E-state index contributed by atoms with van der Waals surface area (Å²) in [6.45, 7) is 1.24. The zero-order valence-corrected chi connectivity index (χ0v) is 17.9. The summed E-state index contributed by atoms with van der Waals surface area (Å²) in [4.78, 5) is 38.7. The summed E-state index contributed by atoms with van der Waals surface area (Å²) in [6.07, 6.45) is 0.231.